The number of fused-ring (bicyclic) bond motifs is 2. The highest BCUT2D eigenvalue weighted by Crippen LogP contribution is 2.42. The molecule has 0 amide bonds. The van der Waals surface area contributed by atoms with E-state index in [-0.39, 0.29) is 17.5 Å². The number of ether oxygens (including phenoxy) is 2. The topological polar surface area (TPSA) is 59.8 Å². The molecule has 0 aliphatic carbocycles. The first-order valence-electron chi connectivity index (χ1n) is 15.1. The maximum absolute atomic E-state index is 11.7. The minimum atomic E-state index is -0.259. The van der Waals surface area contributed by atoms with Gasteiger partial charge in [0.1, 0.15) is 0 Å². The molecule has 2 fully saturated rings. The molecule has 0 N–H and O–H groups in total. The number of rotatable bonds is 9. The number of aryl methyl sites for hydroxylation is 1. The lowest BCUT2D eigenvalue weighted by atomic mass is 9.84. The van der Waals surface area contributed by atoms with Crippen molar-refractivity contribution in [2.45, 2.75) is 79.0 Å². The van der Waals surface area contributed by atoms with Crippen LogP contribution >= 0.6 is 15.9 Å². The van der Waals surface area contributed by atoms with E-state index in [0.29, 0.717) is 12.6 Å². The van der Waals surface area contributed by atoms with Gasteiger partial charge in [0.2, 0.25) is 0 Å². The van der Waals surface area contributed by atoms with Crippen LogP contribution in [0.15, 0.2) is 34.9 Å². The molecule has 2 aliphatic rings. The molecule has 222 valence electrons. The molecule has 1 aromatic carbocycles. The number of esters is 1. The number of anilines is 1. The standard InChI is InChI=1S/C33H45BrN4O3/c1-7-38-30-12-11-24(34)16-27(30)29(18-33(4,5)21-41-23(3)39)32(38)28-17-26(19-35-31(28)22(2)40-6)37-15-14-36-13-9-8-10-25(36)20-37/h11-12,16-17,19,22,25H,7-10,13-15,18,20-21H2,1-6H3/t22-,25+/m0/s1. The number of carbonyl (C=O) groups is 1. The summed E-state index contributed by atoms with van der Waals surface area (Å²) in [5, 5.41) is 1.21. The van der Waals surface area contributed by atoms with Crippen molar-refractivity contribution in [2.24, 2.45) is 5.41 Å². The fraction of sp³-hybridized carbons (Fsp3) is 0.576. The smallest absolute Gasteiger partial charge is 0.302 e. The van der Waals surface area contributed by atoms with Crippen LogP contribution < -0.4 is 4.90 Å². The van der Waals surface area contributed by atoms with Crippen molar-refractivity contribution in [2.75, 3.05) is 44.8 Å². The zero-order valence-electron chi connectivity index (χ0n) is 25.5. The average Bonchev–Trinajstić information content (AvgIpc) is 3.26. The monoisotopic (exact) mass is 624 g/mol. The van der Waals surface area contributed by atoms with Crippen molar-refractivity contribution >= 4 is 38.5 Å². The molecule has 2 saturated heterocycles. The van der Waals surface area contributed by atoms with Crippen LogP contribution in [0.1, 0.15) is 71.2 Å². The van der Waals surface area contributed by atoms with Crippen molar-refractivity contribution in [3.05, 3.63) is 46.2 Å². The number of hydrogen-bond donors (Lipinski definition) is 0. The molecule has 3 aromatic rings. The van der Waals surface area contributed by atoms with Crippen molar-refractivity contribution < 1.29 is 14.3 Å². The quantitative estimate of drug-likeness (QED) is 0.239. The van der Waals surface area contributed by atoms with Gasteiger partial charge in [0, 0.05) is 72.6 Å². The summed E-state index contributed by atoms with van der Waals surface area (Å²) < 4.78 is 14.9. The van der Waals surface area contributed by atoms with E-state index in [9.17, 15) is 4.79 Å². The van der Waals surface area contributed by atoms with Gasteiger partial charge in [-0.25, -0.2) is 0 Å². The van der Waals surface area contributed by atoms with E-state index in [1.165, 1.54) is 60.6 Å². The van der Waals surface area contributed by atoms with Crippen LogP contribution in [-0.4, -0.2) is 66.4 Å². The Hall–Kier alpha value is -2.42. The third-order valence-electron chi connectivity index (χ3n) is 8.87. The van der Waals surface area contributed by atoms with Gasteiger partial charge in [-0.1, -0.05) is 36.2 Å². The van der Waals surface area contributed by atoms with E-state index in [1.54, 1.807) is 7.11 Å². The summed E-state index contributed by atoms with van der Waals surface area (Å²) in [4.78, 5) is 22.0. The Bertz CT molecular complexity index is 1400. The van der Waals surface area contributed by atoms with Crippen LogP contribution in [0.5, 0.6) is 0 Å². The van der Waals surface area contributed by atoms with Gasteiger partial charge in [-0.15, -0.1) is 0 Å². The van der Waals surface area contributed by atoms with Crippen molar-refractivity contribution in [3.63, 3.8) is 0 Å². The van der Waals surface area contributed by atoms with E-state index in [0.717, 1.165) is 48.3 Å². The third-order valence-corrected chi connectivity index (χ3v) is 9.36. The Morgan fingerprint density at radius 2 is 2.00 bits per heavy atom. The van der Waals surface area contributed by atoms with E-state index in [1.807, 2.05) is 6.20 Å². The first kappa shape index (κ1) is 30.1. The Morgan fingerprint density at radius 1 is 1.20 bits per heavy atom. The zero-order chi connectivity index (χ0) is 29.3. The first-order chi connectivity index (χ1) is 19.6. The summed E-state index contributed by atoms with van der Waals surface area (Å²) in [5.41, 5.74) is 6.61. The third kappa shape index (κ3) is 6.35. The lowest BCUT2D eigenvalue weighted by Crippen LogP contribution is -2.54. The van der Waals surface area contributed by atoms with Crippen LogP contribution in [0.3, 0.4) is 0 Å². The Labute approximate surface area is 253 Å². The van der Waals surface area contributed by atoms with Crippen LogP contribution in [0.4, 0.5) is 5.69 Å². The van der Waals surface area contributed by atoms with E-state index >= 15 is 0 Å². The molecule has 0 unspecified atom stereocenters. The van der Waals surface area contributed by atoms with Gasteiger partial charge in [-0.05, 0) is 69.5 Å². The van der Waals surface area contributed by atoms with Crippen LogP contribution in [0.2, 0.25) is 0 Å². The van der Waals surface area contributed by atoms with Gasteiger partial charge in [0.05, 0.1) is 36.0 Å². The Kier molecular flexibility index (Phi) is 9.12. The van der Waals surface area contributed by atoms with Gasteiger partial charge >= 0.3 is 5.97 Å². The summed E-state index contributed by atoms with van der Waals surface area (Å²) >= 11 is 3.73. The largest absolute Gasteiger partial charge is 0.465 e. The van der Waals surface area contributed by atoms with Gasteiger partial charge in [0.25, 0.3) is 0 Å². The fourth-order valence-corrected chi connectivity index (χ4v) is 7.05. The van der Waals surface area contributed by atoms with E-state index in [4.69, 9.17) is 14.5 Å². The van der Waals surface area contributed by atoms with Gasteiger partial charge < -0.3 is 18.9 Å². The summed E-state index contributed by atoms with van der Waals surface area (Å²) in [7, 11) is 1.75. The average molecular weight is 626 g/mol. The van der Waals surface area contributed by atoms with E-state index in [2.05, 4.69) is 82.3 Å². The second kappa shape index (κ2) is 12.4. The molecule has 2 atom stereocenters. The zero-order valence-corrected chi connectivity index (χ0v) is 27.1. The number of hydrogen-bond acceptors (Lipinski definition) is 6. The predicted molar refractivity (Wildman–Crippen MR) is 170 cm³/mol. The number of piperazine rings is 1. The number of halogens is 1. The second-order valence-corrected chi connectivity index (χ2v) is 13.4. The predicted octanol–water partition coefficient (Wildman–Crippen LogP) is 7.00. The number of aromatic nitrogens is 2. The second-order valence-electron chi connectivity index (χ2n) is 12.5. The van der Waals surface area contributed by atoms with Crippen molar-refractivity contribution in [1.82, 2.24) is 14.5 Å². The first-order valence-corrected chi connectivity index (χ1v) is 15.9. The molecule has 41 heavy (non-hydrogen) atoms. The molecule has 5 rings (SSSR count). The van der Waals surface area contributed by atoms with E-state index < -0.39 is 0 Å². The Morgan fingerprint density at radius 3 is 2.73 bits per heavy atom. The molecular formula is C33H45BrN4O3. The summed E-state index contributed by atoms with van der Waals surface area (Å²) in [6.07, 6.45) is 6.55. The SMILES string of the molecule is CCn1c(-c2cc(N3CCN4CCCC[C@@H]4C3)cnc2[C@H](C)OC)c(CC(C)(C)COC(C)=O)c2cc(Br)ccc21. The highest BCUT2D eigenvalue weighted by Gasteiger charge is 2.32. The molecule has 0 radical (unpaired) electrons. The number of benzene rings is 1. The maximum atomic E-state index is 11.7. The van der Waals surface area contributed by atoms with Crippen LogP contribution in [-0.2, 0) is 27.2 Å². The molecule has 0 saturated carbocycles. The number of carbonyl (C=O) groups excluding carboxylic acids is 1. The molecule has 2 aromatic heterocycles. The summed E-state index contributed by atoms with van der Waals surface area (Å²) in [6.45, 7) is 15.7. The maximum Gasteiger partial charge on any atom is 0.302 e. The lowest BCUT2D eigenvalue weighted by molar-refractivity contribution is -0.143. The molecule has 2 aliphatic heterocycles. The molecule has 8 heteroatoms. The number of piperidine rings is 1. The fourth-order valence-electron chi connectivity index (χ4n) is 6.69. The van der Waals surface area contributed by atoms with Crippen molar-refractivity contribution in [3.8, 4) is 11.3 Å². The summed E-state index contributed by atoms with van der Waals surface area (Å²) in [5.74, 6) is -0.247. The number of nitrogens with zero attached hydrogens (tertiary/aromatic N) is 4. The van der Waals surface area contributed by atoms with Crippen LogP contribution in [0.25, 0.3) is 22.2 Å². The molecule has 7 nitrogen and oxygen atoms in total. The molecule has 4 heterocycles. The van der Waals surface area contributed by atoms with Gasteiger partial charge in [-0.3, -0.25) is 14.7 Å². The minimum Gasteiger partial charge on any atom is -0.465 e. The highest BCUT2D eigenvalue weighted by atomic mass is 79.9. The highest BCUT2D eigenvalue weighted by molar-refractivity contribution is 9.10. The molecule has 0 bridgehead atoms. The molecule has 0 spiro atoms. The van der Waals surface area contributed by atoms with Crippen molar-refractivity contribution in [1.29, 1.82) is 0 Å². The summed E-state index contributed by atoms with van der Waals surface area (Å²) in [6, 6.07) is 9.52. The minimum absolute atomic E-state index is 0.161. The van der Waals surface area contributed by atoms with Gasteiger partial charge in [0.15, 0.2) is 0 Å². The van der Waals surface area contributed by atoms with Crippen LogP contribution in [0, 0.1) is 5.41 Å². The molecular weight excluding hydrogens is 580 g/mol. The Balaban J connectivity index is 1.67. The number of pyridine rings is 1. The normalized spacial score (nSPS) is 18.9. The van der Waals surface area contributed by atoms with Gasteiger partial charge in [-0.2, -0.15) is 0 Å². The lowest BCUT2D eigenvalue weighted by Gasteiger charge is -2.45. The number of methoxy groups -OCH3 is 1.